The van der Waals surface area contributed by atoms with E-state index in [0.29, 0.717) is 0 Å². The van der Waals surface area contributed by atoms with Gasteiger partial charge in [-0.05, 0) is 31.8 Å². The van der Waals surface area contributed by atoms with Gasteiger partial charge in [-0.25, -0.2) is 0 Å². The monoisotopic (exact) mass is 253 g/mol. The van der Waals surface area contributed by atoms with Crippen molar-refractivity contribution in [1.29, 1.82) is 0 Å². The molecule has 1 heterocycles. The molecule has 2 rings (SSSR count). The fourth-order valence-corrected chi connectivity index (χ4v) is 3.48. The number of hydrogen-bond acceptors (Lipinski definition) is 3. The molecule has 2 fully saturated rings. The molecule has 2 aliphatic rings. The lowest BCUT2D eigenvalue weighted by molar-refractivity contribution is 0.0892. The molecule has 1 aliphatic heterocycles. The zero-order valence-electron chi connectivity index (χ0n) is 12.3. The Bertz CT molecular complexity index is 218. The summed E-state index contributed by atoms with van der Waals surface area (Å²) in [7, 11) is 0. The lowest BCUT2D eigenvalue weighted by Gasteiger charge is -2.39. The Morgan fingerprint density at radius 1 is 1.11 bits per heavy atom. The molecule has 1 N–H and O–H groups in total. The lowest BCUT2D eigenvalue weighted by Crippen LogP contribution is -2.50. The summed E-state index contributed by atoms with van der Waals surface area (Å²) in [6, 6.07) is 0.923. The van der Waals surface area contributed by atoms with E-state index in [0.717, 1.165) is 18.5 Å². The molecule has 0 spiro atoms. The van der Waals surface area contributed by atoms with Gasteiger partial charge in [0.1, 0.15) is 0 Å². The van der Waals surface area contributed by atoms with Crippen LogP contribution in [0.25, 0.3) is 0 Å². The van der Waals surface area contributed by atoms with Crippen molar-refractivity contribution in [2.24, 2.45) is 5.92 Å². The molecule has 1 atom stereocenters. The minimum absolute atomic E-state index is 0.781. The summed E-state index contributed by atoms with van der Waals surface area (Å²) in [6.07, 6.45) is 5.84. The van der Waals surface area contributed by atoms with Gasteiger partial charge in [0.15, 0.2) is 0 Å². The molecular weight excluding hydrogens is 222 g/mol. The van der Waals surface area contributed by atoms with Gasteiger partial charge in [-0.1, -0.05) is 26.7 Å². The maximum atomic E-state index is 3.45. The molecule has 0 radical (unpaired) electrons. The molecule has 1 saturated heterocycles. The van der Waals surface area contributed by atoms with Crippen LogP contribution in [-0.2, 0) is 0 Å². The molecule has 1 saturated carbocycles. The first-order valence-corrected chi connectivity index (χ1v) is 7.96. The zero-order valence-corrected chi connectivity index (χ0v) is 12.3. The van der Waals surface area contributed by atoms with Crippen LogP contribution in [0.4, 0.5) is 0 Å². The summed E-state index contributed by atoms with van der Waals surface area (Å²) >= 11 is 0. The second kappa shape index (κ2) is 7.46. The van der Waals surface area contributed by atoms with Gasteiger partial charge in [0.25, 0.3) is 0 Å². The Balaban J connectivity index is 1.63. The van der Waals surface area contributed by atoms with E-state index in [-0.39, 0.29) is 0 Å². The Kier molecular flexibility index (Phi) is 5.93. The van der Waals surface area contributed by atoms with Crippen LogP contribution in [0.15, 0.2) is 0 Å². The number of nitrogens with one attached hydrogen (secondary N) is 1. The van der Waals surface area contributed by atoms with E-state index in [1.807, 2.05) is 0 Å². The second-order valence-corrected chi connectivity index (χ2v) is 6.19. The predicted molar refractivity (Wildman–Crippen MR) is 78.0 cm³/mol. The van der Waals surface area contributed by atoms with Crippen LogP contribution in [0.5, 0.6) is 0 Å². The van der Waals surface area contributed by atoms with Crippen LogP contribution < -0.4 is 5.32 Å². The van der Waals surface area contributed by atoms with Crippen LogP contribution in [0.1, 0.15) is 39.5 Å². The van der Waals surface area contributed by atoms with E-state index in [2.05, 4.69) is 29.0 Å². The Morgan fingerprint density at radius 3 is 2.39 bits per heavy atom. The third-order valence-corrected chi connectivity index (χ3v) is 4.56. The van der Waals surface area contributed by atoms with Crippen molar-refractivity contribution in [2.75, 3.05) is 45.8 Å². The van der Waals surface area contributed by atoms with E-state index in [1.165, 1.54) is 65.0 Å². The molecule has 18 heavy (non-hydrogen) atoms. The molecule has 0 aromatic carbocycles. The van der Waals surface area contributed by atoms with Gasteiger partial charge in [0.05, 0.1) is 0 Å². The molecule has 3 nitrogen and oxygen atoms in total. The van der Waals surface area contributed by atoms with Gasteiger partial charge >= 0.3 is 0 Å². The zero-order chi connectivity index (χ0) is 12.8. The summed E-state index contributed by atoms with van der Waals surface area (Å²) in [6.45, 7) is 13.3. The SMILES string of the molecule is CCNCC(C)CN1CCN(C2CCCC2)CC1. The van der Waals surface area contributed by atoms with E-state index >= 15 is 0 Å². The highest BCUT2D eigenvalue weighted by Gasteiger charge is 2.26. The molecule has 1 aliphatic carbocycles. The van der Waals surface area contributed by atoms with Crippen LogP contribution in [-0.4, -0.2) is 61.7 Å². The summed E-state index contributed by atoms with van der Waals surface area (Å²) in [4.78, 5) is 5.41. The third-order valence-electron chi connectivity index (χ3n) is 4.56. The lowest BCUT2D eigenvalue weighted by atomic mass is 10.1. The summed E-state index contributed by atoms with van der Waals surface area (Å²) in [5.74, 6) is 0.781. The highest BCUT2D eigenvalue weighted by Crippen LogP contribution is 2.24. The number of hydrogen-bond donors (Lipinski definition) is 1. The van der Waals surface area contributed by atoms with Crippen LogP contribution in [0, 0.1) is 5.92 Å². The number of piperazine rings is 1. The van der Waals surface area contributed by atoms with Crippen LogP contribution in [0.2, 0.25) is 0 Å². The van der Waals surface area contributed by atoms with Gasteiger partial charge in [-0.2, -0.15) is 0 Å². The van der Waals surface area contributed by atoms with Crippen molar-refractivity contribution in [3.63, 3.8) is 0 Å². The second-order valence-electron chi connectivity index (χ2n) is 6.19. The number of nitrogens with zero attached hydrogens (tertiary/aromatic N) is 2. The predicted octanol–water partition coefficient (Wildman–Crippen LogP) is 1.79. The molecule has 0 amide bonds. The summed E-state index contributed by atoms with van der Waals surface area (Å²) in [5.41, 5.74) is 0. The Labute approximate surface area is 113 Å². The fourth-order valence-electron chi connectivity index (χ4n) is 3.48. The Hall–Kier alpha value is -0.120. The van der Waals surface area contributed by atoms with Crippen molar-refractivity contribution in [3.8, 4) is 0 Å². The van der Waals surface area contributed by atoms with Gasteiger partial charge in [0.2, 0.25) is 0 Å². The smallest absolute Gasteiger partial charge is 0.0113 e. The molecule has 1 unspecified atom stereocenters. The quantitative estimate of drug-likeness (QED) is 0.778. The summed E-state index contributed by atoms with van der Waals surface area (Å²) < 4.78 is 0. The normalized spacial score (nSPS) is 25.7. The minimum Gasteiger partial charge on any atom is -0.317 e. The van der Waals surface area contributed by atoms with Crippen molar-refractivity contribution >= 4 is 0 Å². The number of rotatable bonds is 6. The van der Waals surface area contributed by atoms with Gasteiger partial charge in [0, 0.05) is 38.8 Å². The average Bonchev–Trinajstić information content (AvgIpc) is 2.91. The molecule has 0 aromatic rings. The first-order valence-electron chi connectivity index (χ1n) is 7.96. The molecule has 106 valence electrons. The van der Waals surface area contributed by atoms with Gasteiger partial charge < -0.3 is 10.2 Å². The van der Waals surface area contributed by atoms with Gasteiger partial charge in [-0.3, -0.25) is 4.90 Å². The molecule has 3 heteroatoms. The van der Waals surface area contributed by atoms with E-state index in [1.54, 1.807) is 0 Å². The Morgan fingerprint density at radius 2 is 1.78 bits per heavy atom. The first kappa shape index (κ1) is 14.3. The van der Waals surface area contributed by atoms with Crippen molar-refractivity contribution in [1.82, 2.24) is 15.1 Å². The van der Waals surface area contributed by atoms with E-state index < -0.39 is 0 Å². The van der Waals surface area contributed by atoms with Crippen molar-refractivity contribution in [2.45, 2.75) is 45.6 Å². The van der Waals surface area contributed by atoms with Crippen molar-refractivity contribution in [3.05, 3.63) is 0 Å². The highest BCUT2D eigenvalue weighted by atomic mass is 15.3. The van der Waals surface area contributed by atoms with Crippen LogP contribution >= 0.6 is 0 Å². The van der Waals surface area contributed by atoms with Crippen molar-refractivity contribution < 1.29 is 0 Å². The van der Waals surface area contributed by atoms with Gasteiger partial charge in [-0.15, -0.1) is 0 Å². The minimum atomic E-state index is 0.781. The topological polar surface area (TPSA) is 18.5 Å². The van der Waals surface area contributed by atoms with E-state index in [4.69, 9.17) is 0 Å². The maximum Gasteiger partial charge on any atom is 0.0113 e. The largest absolute Gasteiger partial charge is 0.317 e. The molecule has 0 aromatic heterocycles. The molecular formula is C15H31N3. The average molecular weight is 253 g/mol. The highest BCUT2D eigenvalue weighted by molar-refractivity contribution is 4.82. The standard InChI is InChI=1S/C15H31N3/c1-3-16-12-14(2)13-17-8-10-18(11-9-17)15-6-4-5-7-15/h14-16H,3-13H2,1-2H3. The third kappa shape index (κ3) is 4.22. The molecule has 0 bridgehead atoms. The van der Waals surface area contributed by atoms with E-state index in [9.17, 15) is 0 Å². The maximum absolute atomic E-state index is 3.45. The first-order chi connectivity index (χ1) is 8.79. The summed E-state index contributed by atoms with van der Waals surface area (Å²) in [5, 5.41) is 3.45. The van der Waals surface area contributed by atoms with Crippen LogP contribution in [0.3, 0.4) is 0 Å². The fraction of sp³-hybridized carbons (Fsp3) is 1.00.